The molecule has 0 unspecified atom stereocenters. The summed E-state index contributed by atoms with van der Waals surface area (Å²) in [5, 5.41) is 14.9. The number of carbonyl (C=O) groups is 2. The van der Waals surface area contributed by atoms with Gasteiger partial charge < -0.3 is 10.4 Å². The summed E-state index contributed by atoms with van der Waals surface area (Å²) >= 11 is 0. The van der Waals surface area contributed by atoms with Crippen molar-refractivity contribution in [1.29, 1.82) is 0 Å². The lowest BCUT2D eigenvalue weighted by molar-refractivity contribution is -0.122. The van der Waals surface area contributed by atoms with Crippen molar-refractivity contribution in [2.45, 2.75) is 20.4 Å². The van der Waals surface area contributed by atoms with E-state index < -0.39 is 0 Å². The third-order valence-corrected chi connectivity index (χ3v) is 3.19. The molecule has 0 aliphatic rings. The molecule has 1 amide bonds. The monoisotopic (exact) mass is 327 g/mol. The van der Waals surface area contributed by atoms with Gasteiger partial charge in [0.25, 0.3) is 12.4 Å². The van der Waals surface area contributed by atoms with Crippen LogP contribution in [0.3, 0.4) is 0 Å². The Kier molecular flexibility index (Phi) is 5.56. The van der Waals surface area contributed by atoms with Crippen molar-refractivity contribution in [3.8, 4) is 0 Å². The van der Waals surface area contributed by atoms with Gasteiger partial charge >= 0.3 is 0 Å². The van der Waals surface area contributed by atoms with Crippen molar-refractivity contribution in [3.63, 3.8) is 0 Å². The van der Waals surface area contributed by atoms with Gasteiger partial charge in [0.2, 0.25) is 0 Å². The van der Waals surface area contributed by atoms with Crippen molar-refractivity contribution >= 4 is 29.1 Å². The van der Waals surface area contributed by atoms with Crippen LogP contribution in [0.25, 0.3) is 10.9 Å². The van der Waals surface area contributed by atoms with Crippen molar-refractivity contribution in [2.75, 3.05) is 5.32 Å². The number of amides is 1. The highest BCUT2D eigenvalue weighted by molar-refractivity contribution is 6.06. The molecule has 0 saturated carbocycles. The second kappa shape index (κ2) is 7.82. The van der Waals surface area contributed by atoms with Gasteiger partial charge in [0.15, 0.2) is 5.82 Å². The third kappa shape index (κ3) is 3.72. The SMILES string of the molecule is CCn1nc(C)cc1C(=O)Nc1nccc2cccnc12.O=CO. The maximum absolute atomic E-state index is 12.4. The molecule has 0 saturated heterocycles. The van der Waals surface area contributed by atoms with Gasteiger partial charge in [-0.3, -0.25) is 19.3 Å². The van der Waals surface area contributed by atoms with Crippen molar-refractivity contribution in [1.82, 2.24) is 19.7 Å². The van der Waals surface area contributed by atoms with E-state index in [1.54, 1.807) is 23.1 Å². The zero-order valence-electron chi connectivity index (χ0n) is 13.3. The number of fused-ring (bicyclic) bond motifs is 1. The normalized spacial score (nSPS) is 9.92. The Morgan fingerprint density at radius 1 is 1.33 bits per heavy atom. The van der Waals surface area contributed by atoms with E-state index in [4.69, 9.17) is 9.90 Å². The third-order valence-electron chi connectivity index (χ3n) is 3.19. The Hall–Kier alpha value is -3.29. The summed E-state index contributed by atoms with van der Waals surface area (Å²) in [6.45, 7) is 4.19. The van der Waals surface area contributed by atoms with Crippen LogP contribution in [-0.4, -0.2) is 37.2 Å². The fourth-order valence-electron chi connectivity index (χ4n) is 2.24. The number of nitrogens with one attached hydrogen (secondary N) is 1. The maximum atomic E-state index is 12.4. The van der Waals surface area contributed by atoms with Crippen LogP contribution >= 0.6 is 0 Å². The first kappa shape index (κ1) is 17.1. The topological polar surface area (TPSA) is 110 Å². The molecule has 0 aromatic carbocycles. The van der Waals surface area contributed by atoms with Crippen LogP contribution in [0.2, 0.25) is 0 Å². The minimum Gasteiger partial charge on any atom is -0.483 e. The molecule has 3 heterocycles. The first-order valence-corrected chi connectivity index (χ1v) is 7.24. The summed E-state index contributed by atoms with van der Waals surface area (Å²) in [7, 11) is 0. The number of anilines is 1. The van der Waals surface area contributed by atoms with Crippen LogP contribution in [0, 0.1) is 6.92 Å². The number of aromatic nitrogens is 4. The quantitative estimate of drug-likeness (QED) is 0.713. The number of hydrogen-bond acceptors (Lipinski definition) is 5. The van der Waals surface area contributed by atoms with E-state index in [2.05, 4.69) is 20.4 Å². The second-order valence-corrected chi connectivity index (χ2v) is 4.78. The molecule has 3 rings (SSSR count). The van der Waals surface area contributed by atoms with Gasteiger partial charge in [-0.05, 0) is 32.0 Å². The van der Waals surface area contributed by atoms with E-state index in [-0.39, 0.29) is 12.4 Å². The summed E-state index contributed by atoms with van der Waals surface area (Å²) in [5.41, 5.74) is 2.00. The Morgan fingerprint density at radius 2 is 2.08 bits per heavy atom. The average molecular weight is 327 g/mol. The van der Waals surface area contributed by atoms with Crippen molar-refractivity contribution < 1.29 is 14.7 Å². The number of carbonyl (C=O) groups excluding carboxylic acids is 1. The maximum Gasteiger partial charge on any atom is 0.290 e. The fourth-order valence-corrected chi connectivity index (χ4v) is 2.24. The Labute approximate surface area is 138 Å². The number of carboxylic acid groups (broad SMARTS) is 1. The number of rotatable bonds is 3. The second-order valence-electron chi connectivity index (χ2n) is 4.78. The highest BCUT2D eigenvalue weighted by atomic mass is 16.3. The molecule has 0 bridgehead atoms. The van der Waals surface area contributed by atoms with E-state index in [9.17, 15) is 4.79 Å². The van der Waals surface area contributed by atoms with Gasteiger partial charge in [-0.2, -0.15) is 5.10 Å². The van der Waals surface area contributed by atoms with Crippen LogP contribution in [0.4, 0.5) is 5.82 Å². The molecule has 3 aromatic heterocycles. The van der Waals surface area contributed by atoms with E-state index in [0.717, 1.165) is 11.1 Å². The minimum absolute atomic E-state index is 0.233. The van der Waals surface area contributed by atoms with E-state index in [1.165, 1.54) is 0 Å². The highest BCUT2D eigenvalue weighted by Crippen LogP contribution is 2.18. The molecule has 0 atom stereocenters. The van der Waals surface area contributed by atoms with E-state index in [1.807, 2.05) is 32.0 Å². The summed E-state index contributed by atoms with van der Waals surface area (Å²) < 4.78 is 1.67. The number of hydrogen-bond donors (Lipinski definition) is 2. The Balaban J connectivity index is 0.000000647. The van der Waals surface area contributed by atoms with Gasteiger partial charge in [0, 0.05) is 24.3 Å². The Morgan fingerprint density at radius 3 is 2.79 bits per heavy atom. The summed E-state index contributed by atoms with van der Waals surface area (Å²) in [6.07, 6.45) is 3.34. The lowest BCUT2D eigenvalue weighted by Gasteiger charge is -2.07. The van der Waals surface area contributed by atoms with Gasteiger partial charge in [-0.1, -0.05) is 6.07 Å². The highest BCUT2D eigenvalue weighted by Gasteiger charge is 2.15. The molecule has 124 valence electrons. The standard InChI is InChI=1S/C15H15N5O.CH2O2/c1-3-20-12(9-10(2)19-20)15(21)18-14-13-11(6-8-17-14)5-4-7-16-13;2-1-3/h4-9H,3H2,1-2H3,(H,17,18,21);1H,(H,2,3). The van der Waals surface area contributed by atoms with E-state index in [0.29, 0.717) is 23.6 Å². The summed E-state index contributed by atoms with van der Waals surface area (Å²) in [4.78, 5) is 29.3. The molecule has 0 spiro atoms. The molecule has 0 radical (unpaired) electrons. The predicted octanol–water partition coefficient (Wildman–Crippen LogP) is 2.11. The van der Waals surface area contributed by atoms with Crippen LogP contribution in [0.5, 0.6) is 0 Å². The van der Waals surface area contributed by atoms with Gasteiger partial charge in [0.1, 0.15) is 11.2 Å². The average Bonchev–Trinajstić information content (AvgIpc) is 2.97. The minimum atomic E-state index is -0.250. The lowest BCUT2D eigenvalue weighted by Crippen LogP contribution is -2.18. The van der Waals surface area contributed by atoms with Gasteiger partial charge in [0.05, 0.1) is 5.69 Å². The number of aryl methyl sites for hydroxylation is 2. The zero-order valence-corrected chi connectivity index (χ0v) is 13.3. The molecule has 8 heteroatoms. The molecule has 0 aliphatic heterocycles. The number of nitrogens with zero attached hydrogens (tertiary/aromatic N) is 4. The summed E-state index contributed by atoms with van der Waals surface area (Å²) in [6, 6.07) is 7.40. The molecular weight excluding hydrogens is 310 g/mol. The molecule has 3 aromatic rings. The molecular formula is C16H17N5O3. The van der Waals surface area contributed by atoms with Crippen molar-refractivity contribution in [3.05, 3.63) is 48.0 Å². The molecule has 0 aliphatic carbocycles. The van der Waals surface area contributed by atoms with Gasteiger partial charge in [-0.15, -0.1) is 0 Å². The molecule has 0 fully saturated rings. The van der Waals surface area contributed by atoms with E-state index >= 15 is 0 Å². The smallest absolute Gasteiger partial charge is 0.290 e. The Bertz CT molecular complexity index is 855. The van der Waals surface area contributed by atoms with Crippen LogP contribution in [0.15, 0.2) is 36.7 Å². The molecule has 2 N–H and O–H groups in total. The van der Waals surface area contributed by atoms with Gasteiger partial charge in [-0.25, -0.2) is 4.98 Å². The largest absolute Gasteiger partial charge is 0.483 e. The van der Waals surface area contributed by atoms with Crippen LogP contribution in [0.1, 0.15) is 23.1 Å². The zero-order chi connectivity index (χ0) is 17.5. The fraction of sp³-hybridized carbons (Fsp3) is 0.188. The molecule has 8 nitrogen and oxygen atoms in total. The summed E-state index contributed by atoms with van der Waals surface area (Å²) in [5.74, 6) is 0.225. The number of pyridine rings is 2. The lowest BCUT2D eigenvalue weighted by atomic mass is 10.2. The first-order chi connectivity index (χ1) is 11.6. The van der Waals surface area contributed by atoms with Crippen LogP contribution < -0.4 is 5.32 Å². The van der Waals surface area contributed by atoms with Crippen LogP contribution in [-0.2, 0) is 11.3 Å². The predicted molar refractivity (Wildman–Crippen MR) is 88.8 cm³/mol. The first-order valence-electron chi connectivity index (χ1n) is 7.24. The van der Waals surface area contributed by atoms with Crippen molar-refractivity contribution in [2.24, 2.45) is 0 Å². The molecule has 24 heavy (non-hydrogen) atoms.